The molecule has 22 heavy (non-hydrogen) atoms. The molecular weight excluding hydrogens is 281 g/mol. The van der Waals surface area contributed by atoms with E-state index in [-0.39, 0.29) is 17.8 Å². The van der Waals surface area contributed by atoms with Crippen molar-refractivity contribution in [3.63, 3.8) is 0 Å². The molecule has 0 unspecified atom stereocenters. The van der Waals surface area contributed by atoms with E-state index in [1.54, 1.807) is 16.8 Å². The summed E-state index contributed by atoms with van der Waals surface area (Å²) in [4.78, 5) is 14.8. The Kier molecular flexibility index (Phi) is 3.72. The number of aryl methyl sites for hydroxylation is 2. The van der Waals surface area contributed by atoms with Gasteiger partial charge in [-0.2, -0.15) is 5.10 Å². The van der Waals surface area contributed by atoms with Crippen molar-refractivity contribution < 1.29 is 9.18 Å². The van der Waals surface area contributed by atoms with Gasteiger partial charge in [0.25, 0.3) is 5.91 Å². The molecule has 0 radical (unpaired) electrons. The van der Waals surface area contributed by atoms with E-state index in [1.807, 2.05) is 25.8 Å². The molecule has 0 N–H and O–H groups in total. The number of nitrogens with zero attached hydrogens (tertiary/aromatic N) is 3. The van der Waals surface area contributed by atoms with Crippen LogP contribution in [0.15, 0.2) is 24.3 Å². The molecule has 1 saturated heterocycles. The summed E-state index contributed by atoms with van der Waals surface area (Å²) in [6, 6.07) is 6.48. The molecule has 1 aliphatic rings. The second-order valence-corrected chi connectivity index (χ2v) is 5.88. The highest BCUT2D eigenvalue weighted by Crippen LogP contribution is 2.34. The number of rotatable bonds is 2. The molecule has 2 aromatic rings. The Morgan fingerprint density at radius 1 is 1.27 bits per heavy atom. The molecule has 2 heterocycles. The molecule has 0 saturated carbocycles. The van der Waals surface area contributed by atoms with Crippen LogP contribution in [0.2, 0.25) is 0 Å². The van der Waals surface area contributed by atoms with Crippen LogP contribution in [0.5, 0.6) is 0 Å². The van der Waals surface area contributed by atoms with Gasteiger partial charge in [0.2, 0.25) is 0 Å². The Balaban J connectivity index is 1.92. The van der Waals surface area contributed by atoms with Crippen molar-refractivity contribution in [3.05, 3.63) is 52.6 Å². The van der Waals surface area contributed by atoms with Crippen LogP contribution in [0.4, 0.5) is 4.39 Å². The minimum Gasteiger partial charge on any atom is -0.331 e. The van der Waals surface area contributed by atoms with Crippen molar-refractivity contribution in [1.82, 2.24) is 14.7 Å². The lowest BCUT2D eigenvalue weighted by atomic mass is 10.0. The Labute approximate surface area is 129 Å². The molecule has 1 aliphatic heterocycles. The maximum atomic E-state index is 13.1. The number of carbonyl (C=O) groups is 1. The fraction of sp³-hybridized carbons (Fsp3) is 0.412. The highest BCUT2D eigenvalue weighted by atomic mass is 19.1. The summed E-state index contributed by atoms with van der Waals surface area (Å²) >= 11 is 0. The third-order valence-corrected chi connectivity index (χ3v) is 4.49. The van der Waals surface area contributed by atoms with Gasteiger partial charge in [0.15, 0.2) is 0 Å². The highest BCUT2D eigenvalue weighted by molar-refractivity contribution is 5.96. The number of benzene rings is 1. The summed E-state index contributed by atoms with van der Waals surface area (Å²) in [5.74, 6) is -0.228. The first kappa shape index (κ1) is 14.8. The van der Waals surface area contributed by atoms with Gasteiger partial charge in [0, 0.05) is 19.3 Å². The number of aromatic nitrogens is 2. The Morgan fingerprint density at radius 2 is 1.95 bits per heavy atom. The van der Waals surface area contributed by atoms with Crippen molar-refractivity contribution in [3.8, 4) is 0 Å². The van der Waals surface area contributed by atoms with E-state index >= 15 is 0 Å². The van der Waals surface area contributed by atoms with E-state index in [4.69, 9.17) is 0 Å². The molecular formula is C17H20FN3O. The lowest BCUT2D eigenvalue weighted by Gasteiger charge is -2.25. The molecule has 1 aromatic carbocycles. The van der Waals surface area contributed by atoms with E-state index in [1.165, 1.54) is 12.1 Å². The number of hydrogen-bond donors (Lipinski definition) is 0. The van der Waals surface area contributed by atoms with Gasteiger partial charge in [-0.1, -0.05) is 12.1 Å². The number of likely N-dealkylation sites (tertiary alicyclic amines) is 1. The lowest BCUT2D eigenvalue weighted by Crippen LogP contribution is -2.31. The summed E-state index contributed by atoms with van der Waals surface area (Å²) in [5.41, 5.74) is 3.32. The molecule has 5 heteroatoms. The maximum absolute atomic E-state index is 13.1. The molecule has 1 fully saturated rings. The zero-order chi connectivity index (χ0) is 15.9. The van der Waals surface area contributed by atoms with Crippen LogP contribution >= 0.6 is 0 Å². The molecule has 3 rings (SSSR count). The van der Waals surface area contributed by atoms with Crippen molar-refractivity contribution in [2.75, 3.05) is 6.54 Å². The van der Waals surface area contributed by atoms with Gasteiger partial charge in [-0.3, -0.25) is 9.48 Å². The van der Waals surface area contributed by atoms with Gasteiger partial charge in [-0.05, 0) is 44.4 Å². The number of carbonyl (C=O) groups excluding carboxylic acids is 1. The first-order valence-corrected chi connectivity index (χ1v) is 7.55. The molecule has 0 bridgehead atoms. The first-order chi connectivity index (χ1) is 10.5. The molecule has 0 aliphatic carbocycles. The Morgan fingerprint density at radius 3 is 2.55 bits per heavy atom. The van der Waals surface area contributed by atoms with Gasteiger partial charge in [-0.15, -0.1) is 0 Å². The van der Waals surface area contributed by atoms with Crippen molar-refractivity contribution in [2.45, 2.75) is 32.7 Å². The molecule has 4 nitrogen and oxygen atoms in total. The summed E-state index contributed by atoms with van der Waals surface area (Å²) in [7, 11) is 1.85. The normalized spacial score (nSPS) is 18.0. The average Bonchev–Trinajstić information content (AvgIpc) is 3.05. The summed E-state index contributed by atoms with van der Waals surface area (Å²) in [5, 5.41) is 4.33. The fourth-order valence-corrected chi connectivity index (χ4v) is 3.27. The monoisotopic (exact) mass is 301 g/mol. The van der Waals surface area contributed by atoms with Gasteiger partial charge in [0.05, 0.1) is 17.3 Å². The summed E-state index contributed by atoms with van der Waals surface area (Å²) < 4.78 is 14.9. The number of halogens is 1. The third kappa shape index (κ3) is 2.40. The Hall–Kier alpha value is -2.17. The van der Waals surface area contributed by atoms with Crippen molar-refractivity contribution >= 4 is 5.91 Å². The van der Waals surface area contributed by atoms with Crippen molar-refractivity contribution in [1.29, 1.82) is 0 Å². The second-order valence-electron chi connectivity index (χ2n) is 5.88. The van der Waals surface area contributed by atoms with Crippen LogP contribution in [-0.4, -0.2) is 27.1 Å². The molecule has 1 amide bonds. The Bertz CT molecular complexity index is 705. The van der Waals surface area contributed by atoms with E-state index in [2.05, 4.69) is 5.10 Å². The largest absolute Gasteiger partial charge is 0.331 e. The van der Waals surface area contributed by atoms with E-state index in [0.29, 0.717) is 5.56 Å². The van der Waals surface area contributed by atoms with E-state index < -0.39 is 0 Å². The standard InChI is InChI=1S/C17H20FN3O/c1-11-16(12(2)20(3)19-11)17(22)21-10-4-5-15(21)13-6-8-14(18)9-7-13/h6-9,15H,4-5,10H2,1-3H3/t15-/m1/s1. The van der Waals surface area contributed by atoms with Crippen LogP contribution in [-0.2, 0) is 7.05 Å². The number of hydrogen-bond acceptors (Lipinski definition) is 2. The minimum atomic E-state index is -0.251. The van der Waals surface area contributed by atoms with Crippen molar-refractivity contribution in [2.24, 2.45) is 7.05 Å². The molecule has 1 aromatic heterocycles. The summed E-state index contributed by atoms with van der Waals surface area (Å²) in [6.07, 6.45) is 1.88. The SMILES string of the molecule is Cc1nn(C)c(C)c1C(=O)N1CCC[C@@H]1c1ccc(F)cc1. The lowest BCUT2D eigenvalue weighted by molar-refractivity contribution is 0.0734. The quantitative estimate of drug-likeness (QED) is 0.854. The summed E-state index contributed by atoms with van der Waals surface area (Å²) in [6.45, 7) is 4.51. The molecule has 116 valence electrons. The highest BCUT2D eigenvalue weighted by Gasteiger charge is 2.33. The van der Waals surface area contributed by atoms with Gasteiger partial charge in [-0.25, -0.2) is 4.39 Å². The third-order valence-electron chi connectivity index (χ3n) is 4.49. The van der Waals surface area contributed by atoms with Crippen LogP contribution in [0.3, 0.4) is 0 Å². The van der Waals surface area contributed by atoms with Crippen LogP contribution in [0, 0.1) is 19.7 Å². The van der Waals surface area contributed by atoms with Gasteiger partial charge < -0.3 is 4.90 Å². The van der Waals surface area contributed by atoms with E-state index in [9.17, 15) is 9.18 Å². The topological polar surface area (TPSA) is 38.1 Å². The predicted molar refractivity (Wildman–Crippen MR) is 82.1 cm³/mol. The van der Waals surface area contributed by atoms with Gasteiger partial charge >= 0.3 is 0 Å². The zero-order valence-electron chi connectivity index (χ0n) is 13.1. The minimum absolute atomic E-state index is 0.0205. The average molecular weight is 301 g/mol. The molecule has 0 spiro atoms. The predicted octanol–water partition coefficient (Wildman–Crippen LogP) is 3.15. The first-order valence-electron chi connectivity index (χ1n) is 7.55. The second kappa shape index (κ2) is 5.55. The van der Waals surface area contributed by atoms with Crippen LogP contribution in [0.1, 0.15) is 46.2 Å². The number of amides is 1. The smallest absolute Gasteiger partial charge is 0.258 e. The van der Waals surface area contributed by atoms with Crippen LogP contribution < -0.4 is 0 Å². The molecule has 1 atom stereocenters. The van der Waals surface area contributed by atoms with Crippen LogP contribution in [0.25, 0.3) is 0 Å². The van der Waals surface area contributed by atoms with Gasteiger partial charge in [0.1, 0.15) is 5.82 Å². The maximum Gasteiger partial charge on any atom is 0.258 e. The van der Waals surface area contributed by atoms with E-state index in [0.717, 1.165) is 36.3 Å². The fourth-order valence-electron chi connectivity index (χ4n) is 3.27. The zero-order valence-corrected chi connectivity index (χ0v) is 13.1.